The van der Waals surface area contributed by atoms with Gasteiger partial charge >= 0.3 is 0 Å². The quantitative estimate of drug-likeness (QED) is 0.872. The van der Waals surface area contributed by atoms with Crippen molar-refractivity contribution in [1.29, 1.82) is 0 Å². The first-order valence-corrected chi connectivity index (χ1v) is 5.78. The molecular weight excluding hydrogens is 224 g/mol. The number of nitrogens with zero attached hydrogens (tertiary/aromatic N) is 1. The van der Waals surface area contributed by atoms with Gasteiger partial charge in [-0.3, -0.25) is 0 Å². The predicted octanol–water partition coefficient (Wildman–Crippen LogP) is 1.75. The largest absolute Gasteiger partial charge is 0.380 e. The molecule has 2 rings (SSSR count). The number of ether oxygens (including phenoxy) is 1. The fourth-order valence-corrected chi connectivity index (χ4v) is 2.08. The van der Waals surface area contributed by atoms with E-state index in [0.717, 1.165) is 30.5 Å². The molecule has 0 saturated carbocycles. The van der Waals surface area contributed by atoms with Crippen LogP contribution in [0.4, 0.5) is 5.69 Å². The second-order valence-electron chi connectivity index (χ2n) is 4.53. The monoisotopic (exact) mass is 240 g/mol. The second-order valence-corrected chi connectivity index (χ2v) is 4.97. The third-order valence-corrected chi connectivity index (χ3v) is 3.34. The van der Waals surface area contributed by atoms with E-state index in [9.17, 15) is 0 Å². The molecule has 0 spiro atoms. The molecule has 0 atom stereocenters. The summed E-state index contributed by atoms with van der Waals surface area (Å²) in [4.78, 5) is 2.20. The highest BCUT2D eigenvalue weighted by Crippen LogP contribution is 2.29. The Morgan fingerprint density at radius 1 is 1.38 bits per heavy atom. The van der Waals surface area contributed by atoms with Crippen LogP contribution >= 0.6 is 11.6 Å². The molecule has 1 saturated heterocycles. The lowest BCUT2D eigenvalue weighted by Crippen LogP contribution is -2.54. The highest BCUT2D eigenvalue weighted by atomic mass is 35.5. The predicted molar refractivity (Wildman–Crippen MR) is 67.0 cm³/mol. The van der Waals surface area contributed by atoms with Gasteiger partial charge in [0.25, 0.3) is 0 Å². The Hall–Kier alpha value is -0.770. The molecule has 3 nitrogen and oxygen atoms in total. The average Bonchev–Trinajstić information content (AvgIpc) is 2.24. The summed E-state index contributed by atoms with van der Waals surface area (Å²) in [5.74, 6) is 0. The Labute approximate surface area is 101 Å². The second kappa shape index (κ2) is 4.62. The number of halogens is 1. The number of rotatable bonds is 4. The maximum absolute atomic E-state index is 5.86. The van der Waals surface area contributed by atoms with Crippen LogP contribution in [0.2, 0.25) is 5.02 Å². The molecule has 1 fully saturated rings. The molecule has 0 aromatic heterocycles. The molecule has 0 unspecified atom stereocenters. The maximum Gasteiger partial charge on any atom is 0.0574 e. The molecular formula is C12H17ClN2O. The Morgan fingerprint density at radius 2 is 2.00 bits per heavy atom. The van der Waals surface area contributed by atoms with Crippen LogP contribution in [-0.2, 0) is 4.74 Å². The topological polar surface area (TPSA) is 38.5 Å². The maximum atomic E-state index is 5.86. The van der Waals surface area contributed by atoms with Crippen LogP contribution in [0.15, 0.2) is 24.3 Å². The zero-order valence-corrected chi connectivity index (χ0v) is 10.2. The molecule has 1 aromatic rings. The third kappa shape index (κ3) is 2.32. The van der Waals surface area contributed by atoms with Crippen LogP contribution in [-0.4, -0.2) is 33.4 Å². The number of nitrogens with two attached hydrogens (primary N) is 1. The van der Waals surface area contributed by atoms with E-state index in [4.69, 9.17) is 22.1 Å². The molecule has 1 heterocycles. The zero-order valence-electron chi connectivity index (χ0n) is 9.45. The highest BCUT2D eigenvalue weighted by Gasteiger charge is 2.38. The molecule has 1 aliphatic rings. The standard InChI is InChI=1S/C12H17ClN2O/c1-15(7-12(6-14)8-16-9-12)11-4-2-10(13)3-5-11/h2-5H,6-9,14H2,1H3. The minimum absolute atomic E-state index is 0.133. The van der Waals surface area contributed by atoms with E-state index in [1.807, 2.05) is 24.3 Å². The highest BCUT2D eigenvalue weighted by molar-refractivity contribution is 6.30. The van der Waals surface area contributed by atoms with Crippen LogP contribution in [0.3, 0.4) is 0 Å². The Morgan fingerprint density at radius 3 is 2.44 bits per heavy atom. The van der Waals surface area contributed by atoms with E-state index in [-0.39, 0.29) is 5.41 Å². The zero-order chi connectivity index (χ0) is 11.6. The van der Waals surface area contributed by atoms with E-state index in [1.165, 1.54) is 0 Å². The molecule has 4 heteroatoms. The van der Waals surface area contributed by atoms with Crippen molar-refractivity contribution in [2.45, 2.75) is 0 Å². The molecule has 88 valence electrons. The van der Waals surface area contributed by atoms with Gasteiger partial charge in [-0.25, -0.2) is 0 Å². The summed E-state index contributed by atoms with van der Waals surface area (Å²) in [6, 6.07) is 7.84. The van der Waals surface area contributed by atoms with E-state index < -0.39 is 0 Å². The fourth-order valence-electron chi connectivity index (χ4n) is 1.95. The van der Waals surface area contributed by atoms with Crippen molar-refractivity contribution >= 4 is 17.3 Å². The summed E-state index contributed by atoms with van der Waals surface area (Å²) in [5, 5.41) is 0.762. The van der Waals surface area contributed by atoms with Crippen LogP contribution in [0.5, 0.6) is 0 Å². The first-order valence-electron chi connectivity index (χ1n) is 5.40. The summed E-state index contributed by atoms with van der Waals surface area (Å²) in [6.07, 6.45) is 0. The lowest BCUT2D eigenvalue weighted by molar-refractivity contribution is -0.101. The first-order chi connectivity index (χ1) is 7.65. The van der Waals surface area contributed by atoms with Gasteiger partial charge in [-0.2, -0.15) is 0 Å². The summed E-state index contributed by atoms with van der Waals surface area (Å²) < 4.78 is 5.26. The summed E-state index contributed by atoms with van der Waals surface area (Å²) >= 11 is 5.86. The van der Waals surface area contributed by atoms with E-state index in [2.05, 4.69) is 11.9 Å². The Bertz CT molecular complexity index is 343. The van der Waals surface area contributed by atoms with Crippen molar-refractivity contribution in [3.05, 3.63) is 29.3 Å². The van der Waals surface area contributed by atoms with Crippen molar-refractivity contribution in [2.75, 3.05) is 38.3 Å². The van der Waals surface area contributed by atoms with Crippen LogP contribution in [0.25, 0.3) is 0 Å². The first kappa shape index (κ1) is 11.7. The summed E-state index contributed by atoms with van der Waals surface area (Å²) in [5.41, 5.74) is 7.08. The molecule has 2 N–H and O–H groups in total. The molecule has 16 heavy (non-hydrogen) atoms. The van der Waals surface area contributed by atoms with Crippen molar-refractivity contribution in [3.8, 4) is 0 Å². The molecule has 1 aliphatic heterocycles. The van der Waals surface area contributed by atoms with Gasteiger partial charge in [0.2, 0.25) is 0 Å². The number of benzene rings is 1. The van der Waals surface area contributed by atoms with Gasteiger partial charge in [-0.1, -0.05) is 11.6 Å². The Kier molecular flexibility index (Phi) is 3.38. The van der Waals surface area contributed by atoms with Crippen LogP contribution in [0, 0.1) is 5.41 Å². The van der Waals surface area contributed by atoms with Gasteiger partial charge in [-0.05, 0) is 24.3 Å². The van der Waals surface area contributed by atoms with E-state index >= 15 is 0 Å². The van der Waals surface area contributed by atoms with E-state index in [1.54, 1.807) is 0 Å². The lowest BCUT2D eigenvalue weighted by Gasteiger charge is -2.43. The van der Waals surface area contributed by atoms with Crippen LogP contribution < -0.4 is 10.6 Å². The SMILES string of the molecule is CN(CC1(CN)COC1)c1ccc(Cl)cc1. The minimum Gasteiger partial charge on any atom is -0.380 e. The molecule has 0 bridgehead atoms. The van der Waals surface area contributed by atoms with Gasteiger partial charge < -0.3 is 15.4 Å². The number of hydrogen-bond acceptors (Lipinski definition) is 3. The smallest absolute Gasteiger partial charge is 0.0574 e. The minimum atomic E-state index is 0.133. The summed E-state index contributed by atoms with van der Waals surface area (Å²) in [6.45, 7) is 3.12. The van der Waals surface area contributed by atoms with E-state index in [0.29, 0.717) is 6.54 Å². The van der Waals surface area contributed by atoms with Gasteiger partial charge in [0.1, 0.15) is 0 Å². The fraction of sp³-hybridized carbons (Fsp3) is 0.500. The average molecular weight is 241 g/mol. The lowest BCUT2D eigenvalue weighted by atomic mass is 9.85. The Balaban J connectivity index is 2.02. The van der Waals surface area contributed by atoms with Gasteiger partial charge in [-0.15, -0.1) is 0 Å². The van der Waals surface area contributed by atoms with Crippen LogP contribution in [0.1, 0.15) is 0 Å². The molecule has 0 amide bonds. The van der Waals surface area contributed by atoms with Crippen molar-refractivity contribution in [3.63, 3.8) is 0 Å². The molecule has 0 aliphatic carbocycles. The van der Waals surface area contributed by atoms with Gasteiger partial charge in [0.05, 0.1) is 13.2 Å². The number of anilines is 1. The van der Waals surface area contributed by atoms with Gasteiger partial charge in [0.15, 0.2) is 0 Å². The molecule has 0 radical (unpaired) electrons. The molecule has 1 aromatic carbocycles. The summed E-state index contributed by atoms with van der Waals surface area (Å²) in [7, 11) is 2.07. The van der Waals surface area contributed by atoms with Gasteiger partial charge in [0, 0.05) is 36.3 Å². The third-order valence-electron chi connectivity index (χ3n) is 3.09. The van der Waals surface area contributed by atoms with Crippen molar-refractivity contribution in [2.24, 2.45) is 11.1 Å². The normalized spacial score (nSPS) is 17.9. The van der Waals surface area contributed by atoms with Crippen molar-refractivity contribution < 1.29 is 4.74 Å². The number of hydrogen-bond donors (Lipinski definition) is 1. The van der Waals surface area contributed by atoms with Crippen molar-refractivity contribution in [1.82, 2.24) is 0 Å².